The third kappa shape index (κ3) is 4.23. The van der Waals surface area contributed by atoms with Crippen LogP contribution in [-0.4, -0.2) is 20.9 Å². The van der Waals surface area contributed by atoms with Crippen LogP contribution in [0.1, 0.15) is 29.3 Å². The van der Waals surface area contributed by atoms with Gasteiger partial charge in [0, 0.05) is 17.7 Å². The van der Waals surface area contributed by atoms with E-state index in [4.69, 9.17) is 4.74 Å². The minimum Gasteiger partial charge on any atom is -0.425 e. The van der Waals surface area contributed by atoms with Crippen molar-refractivity contribution in [2.75, 3.05) is 0 Å². The van der Waals surface area contributed by atoms with E-state index < -0.39 is 11.8 Å². The number of aryl methyl sites for hydroxylation is 1. The monoisotopic (exact) mass is 432 g/mol. The fraction of sp³-hybridized carbons (Fsp3) is 0.160. The van der Waals surface area contributed by atoms with Crippen LogP contribution >= 0.6 is 0 Å². The van der Waals surface area contributed by atoms with Gasteiger partial charge in [-0.25, -0.2) is 14.0 Å². The highest BCUT2D eigenvalue weighted by Crippen LogP contribution is 2.17. The number of fused-ring (bicyclic) bond motifs is 1. The van der Waals surface area contributed by atoms with Gasteiger partial charge in [-0.05, 0) is 67.1 Å². The molecule has 1 aromatic heterocycles. The first-order valence-corrected chi connectivity index (χ1v) is 10.3. The molecule has 0 aliphatic carbocycles. The van der Waals surface area contributed by atoms with Gasteiger partial charge in [0.25, 0.3) is 0 Å². The lowest BCUT2D eigenvalue weighted by molar-refractivity contribution is -0.135. The molecular weight excluding hydrogens is 411 g/mol. The Kier molecular flexibility index (Phi) is 5.98. The number of para-hydroxylation sites is 2. The molecule has 0 amide bonds. The largest absolute Gasteiger partial charge is 0.425 e. The molecule has 0 bridgehead atoms. The average Bonchev–Trinajstić information content (AvgIpc) is 3.06. The van der Waals surface area contributed by atoms with Crippen LogP contribution in [0.5, 0.6) is 5.75 Å². The third-order valence-electron chi connectivity index (χ3n) is 5.11. The van der Waals surface area contributed by atoms with Crippen molar-refractivity contribution in [2.45, 2.75) is 26.4 Å². The molecule has 6 nitrogen and oxygen atoms in total. The molecular formula is C25H21FN2O4. The van der Waals surface area contributed by atoms with Crippen LogP contribution in [0.25, 0.3) is 11.0 Å². The molecule has 3 aromatic carbocycles. The summed E-state index contributed by atoms with van der Waals surface area (Å²) in [6, 6.07) is 18.7. The first-order valence-electron chi connectivity index (χ1n) is 10.3. The predicted octanol–water partition coefficient (Wildman–Crippen LogP) is 4.19. The maximum atomic E-state index is 13.1. The van der Waals surface area contributed by atoms with Gasteiger partial charge < -0.3 is 4.74 Å². The van der Waals surface area contributed by atoms with Gasteiger partial charge in [0.15, 0.2) is 5.78 Å². The number of rotatable bonds is 7. The lowest BCUT2D eigenvalue weighted by Crippen LogP contribution is -2.28. The minimum atomic E-state index is -0.593. The molecule has 0 aliphatic heterocycles. The summed E-state index contributed by atoms with van der Waals surface area (Å²) in [6.07, 6.45) is 0.793. The van der Waals surface area contributed by atoms with E-state index in [0.717, 1.165) is 11.9 Å². The number of carbonyl (C=O) groups is 2. The first-order chi connectivity index (χ1) is 15.5. The van der Waals surface area contributed by atoms with Crippen molar-refractivity contribution in [1.82, 2.24) is 9.13 Å². The second kappa shape index (κ2) is 9.01. The number of ether oxygens (including phenoxy) is 1. The number of halogens is 1. The molecule has 32 heavy (non-hydrogen) atoms. The van der Waals surface area contributed by atoms with Crippen molar-refractivity contribution in [3.05, 3.63) is 100 Å². The van der Waals surface area contributed by atoms with E-state index in [0.29, 0.717) is 23.2 Å². The third-order valence-corrected chi connectivity index (χ3v) is 5.11. The number of imidazole rings is 1. The zero-order valence-electron chi connectivity index (χ0n) is 17.5. The molecule has 0 unspecified atom stereocenters. The fourth-order valence-electron chi connectivity index (χ4n) is 3.60. The SMILES string of the molecule is CCCn1c(=O)n(CC(=O)Oc2ccc(C(=O)c3ccc(F)cc3)cc2)c2ccccc21. The molecule has 0 aliphatic rings. The van der Waals surface area contributed by atoms with E-state index in [1.165, 1.54) is 53.1 Å². The number of hydrogen-bond donors (Lipinski definition) is 0. The Morgan fingerprint density at radius 2 is 1.41 bits per heavy atom. The first kappa shape index (κ1) is 21.2. The molecule has 0 fully saturated rings. The molecule has 0 spiro atoms. The van der Waals surface area contributed by atoms with Crippen molar-refractivity contribution in [1.29, 1.82) is 0 Å². The Labute approximate surface area is 183 Å². The molecule has 0 atom stereocenters. The van der Waals surface area contributed by atoms with E-state index in [-0.39, 0.29) is 23.8 Å². The van der Waals surface area contributed by atoms with Gasteiger partial charge in [-0.15, -0.1) is 0 Å². The van der Waals surface area contributed by atoms with Crippen molar-refractivity contribution in [3.8, 4) is 5.75 Å². The minimum absolute atomic E-state index is 0.230. The van der Waals surface area contributed by atoms with Crippen LogP contribution in [0.4, 0.5) is 4.39 Å². The summed E-state index contributed by atoms with van der Waals surface area (Å²) in [6.45, 7) is 2.31. The zero-order valence-corrected chi connectivity index (χ0v) is 17.5. The second-order valence-corrected chi connectivity index (χ2v) is 7.34. The topological polar surface area (TPSA) is 70.3 Å². The van der Waals surface area contributed by atoms with Crippen molar-refractivity contribution in [3.63, 3.8) is 0 Å². The Balaban J connectivity index is 1.49. The molecule has 0 radical (unpaired) electrons. The molecule has 0 N–H and O–H groups in total. The Morgan fingerprint density at radius 3 is 2.00 bits per heavy atom. The summed E-state index contributed by atoms with van der Waals surface area (Å²) in [5, 5.41) is 0. The number of benzene rings is 3. The van der Waals surface area contributed by atoms with Crippen LogP contribution in [0.15, 0.2) is 77.6 Å². The standard InChI is InChI=1S/C25H21FN2O4/c1-2-15-27-21-5-3-4-6-22(21)28(25(27)31)16-23(29)32-20-13-9-18(10-14-20)24(30)17-7-11-19(26)12-8-17/h3-14H,2,15-16H2,1H3. The number of esters is 1. The zero-order chi connectivity index (χ0) is 22.7. The summed E-state index contributed by atoms with van der Waals surface area (Å²) >= 11 is 0. The van der Waals surface area contributed by atoms with Crippen LogP contribution in [0.2, 0.25) is 0 Å². The highest BCUT2D eigenvalue weighted by atomic mass is 19.1. The van der Waals surface area contributed by atoms with Crippen molar-refractivity contribution >= 4 is 22.8 Å². The van der Waals surface area contributed by atoms with E-state index in [2.05, 4.69) is 0 Å². The Morgan fingerprint density at radius 1 is 0.844 bits per heavy atom. The van der Waals surface area contributed by atoms with Crippen molar-refractivity contribution < 1.29 is 18.7 Å². The van der Waals surface area contributed by atoms with Crippen LogP contribution in [0.3, 0.4) is 0 Å². The fourth-order valence-corrected chi connectivity index (χ4v) is 3.60. The molecule has 1 heterocycles. The Bertz CT molecular complexity index is 1340. The van der Waals surface area contributed by atoms with Crippen LogP contribution in [0, 0.1) is 5.82 Å². The number of nitrogens with zero attached hydrogens (tertiary/aromatic N) is 2. The lowest BCUT2D eigenvalue weighted by atomic mass is 10.0. The molecule has 4 rings (SSSR count). The molecule has 7 heteroatoms. The van der Waals surface area contributed by atoms with Crippen LogP contribution in [-0.2, 0) is 17.9 Å². The highest BCUT2D eigenvalue weighted by molar-refractivity contribution is 6.09. The van der Waals surface area contributed by atoms with Gasteiger partial charge >= 0.3 is 11.7 Å². The average molecular weight is 432 g/mol. The molecule has 162 valence electrons. The van der Waals surface area contributed by atoms with Gasteiger partial charge in [0.05, 0.1) is 11.0 Å². The van der Waals surface area contributed by atoms with Gasteiger partial charge in [0.1, 0.15) is 18.1 Å². The highest BCUT2D eigenvalue weighted by Gasteiger charge is 2.16. The van der Waals surface area contributed by atoms with E-state index in [9.17, 15) is 18.8 Å². The van der Waals surface area contributed by atoms with Gasteiger partial charge in [-0.2, -0.15) is 0 Å². The second-order valence-electron chi connectivity index (χ2n) is 7.34. The van der Waals surface area contributed by atoms with Gasteiger partial charge in [-0.1, -0.05) is 19.1 Å². The lowest BCUT2D eigenvalue weighted by Gasteiger charge is -2.07. The Hall–Kier alpha value is -4.00. The summed E-state index contributed by atoms with van der Waals surface area (Å²) < 4.78 is 21.5. The van der Waals surface area contributed by atoms with Gasteiger partial charge in [0.2, 0.25) is 0 Å². The predicted molar refractivity (Wildman–Crippen MR) is 118 cm³/mol. The smallest absolute Gasteiger partial charge is 0.331 e. The number of aromatic nitrogens is 2. The van der Waals surface area contributed by atoms with E-state index >= 15 is 0 Å². The maximum Gasteiger partial charge on any atom is 0.331 e. The van der Waals surface area contributed by atoms with E-state index in [1.807, 2.05) is 25.1 Å². The molecule has 0 saturated heterocycles. The number of ketones is 1. The molecule has 4 aromatic rings. The maximum absolute atomic E-state index is 13.1. The van der Waals surface area contributed by atoms with Crippen LogP contribution < -0.4 is 10.4 Å². The number of hydrogen-bond acceptors (Lipinski definition) is 4. The van der Waals surface area contributed by atoms with Crippen molar-refractivity contribution in [2.24, 2.45) is 0 Å². The van der Waals surface area contributed by atoms with E-state index in [1.54, 1.807) is 10.6 Å². The summed E-state index contributed by atoms with van der Waals surface area (Å²) in [5.41, 5.74) is 1.93. The summed E-state index contributed by atoms with van der Waals surface area (Å²) in [7, 11) is 0. The summed E-state index contributed by atoms with van der Waals surface area (Å²) in [5.74, 6) is -1.01. The molecule has 0 saturated carbocycles. The normalized spacial score (nSPS) is 10.9. The quantitative estimate of drug-likeness (QED) is 0.249. The van der Waals surface area contributed by atoms with Gasteiger partial charge in [-0.3, -0.25) is 13.9 Å². The number of carbonyl (C=O) groups excluding carboxylic acids is 2. The summed E-state index contributed by atoms with van der Waals surface area (Å²) in [4.78, 5) is 37.8.